The highest BCUT2D eigenvalue weighted by atomic mass is 35.5. The maximum atomic E-state index is 14.5. The smallest absolute Gasteiger partial charge is 0.411 e. The highest BCUT2D eigenvalue weighted by Crippen LogP contribution is 2.33. The third kappa shape index (κ3) is 6.23. The minimum absolute atomic E-state index is 0.00139. The van der Waals surface area contributed by atoms with Gasteiger partial charge in [-0.25, -0.2) is 13.9 Å². The number of fused-ring (bicyclic) bond motifs is 4. The van der Waals surface area contributed by atoms with E-state index in [9.17, 15) is 18.8 Å². The first-order valence-corrected chi connectivity index (χ1v) is 13.5. The van der Waals surface area contributed by atoms with E-state index in [1.807, 2.05) is 19.1 Å². The third-order valence-electron chi connectivity index (χ3n) is 6.96. The predicted molar refractivity (Wildman–Crippen MR) is 154 cm³/mol. The number of carbonyl (C=O) groups is 3. The van der Waals surface area contributed by atoms with Crippen molar-refractivity contribution in [1.82, 2.24) is 25.3 Å². The number of amides is 3. The summed E-state index contributed by atoms with van der Waals surface area (Å²) in [6.45, 7) is 1.83. The average Bonchev–Trinajstić information content (AvgIpc) is 3.48. The molecule has 2 aromatic heterocycles. The zero-order valence-corrected chi connectivity index (χ0v) is 23.5. The summed E-state index contributed by atoms with van der Waals surface area (Å²) in [5, 5.41) is 16.3. The molecular weight excluding hydrogens is 565 g/mol. The number of nitrogens with zero attached hydrogens (tertiary/aromatic N) is 4. The fraction of sp³-hybridized carbons (Fsp3) is 0.241. The van der Waals surface area contributed by atoms with Gasteiger partial charge in [-0.1, -0.05) is 36.2 Å². The number of hydrogen-bond acceptors (Lipinski definition) is 7. The van der Waals surface area contributed by atoms with Crippen molar-refractivity contribution in [2.24, 2.45) is 5.92 Å². The Balaban J connectivity index is 1.46. The number of hydrogen-bond donors (Lipinski definition) is 3. The first-order valence-electron chi connectivity index (χ1n) is 13.2. The standard InChI is InChI=1S/C29H27ClFN7O4/c1-16-5-3-7-21(34-28(40)24-15-38(37-36-24)25-8-4-6-20(30)26(25)31)17-11-12-32-22(13-17)19-10-9-18(33-29(41)42-2)14-23(19)35-27(16)39/h4,6,8-16,21H,3,5,7H2,1-2H3,(H,33,41)(H,34,40)(H,35,39)/t16-,21-/m0/s1. The normalized spacial score (nSPS) is 16.7. The molecule has 2 bridgehead atoms. The number of anilines is 2. The molecule has 2 atom stereocenters. The Morgan fingerprint density at radius 2 is 2.00 bits per heavy atom. The summed E-state index contributed by atoms with van der Waals surface area (Å²) in [6, 6.07) is 12.7. The van der Waals surface area contributed by atoms with E-state index in [2.05, 4.69) is 36.0 Å². The van der Waals surface area contributed by atoms with Crippen LogP contribution in [-0.2, 0) is 9.53 Å². The summed E-state index contributed by atoms with van der Waals surface area (Å²) in [4.78, 5) is 42.6. The van der Waals surface area contributed by atoms with Gasteiger partial charge in [0.1, 0.15) is 5.69 Å². The van der Waals surface area contributed by atoms with E-state index in [4.69, 9.17) is 11.6 Å². The second kappa shape index (κ2) is 12.4. The quantitative estimate of drug-likeness (QED) is 0.283. The molecule has 216 valence electrons. The summed E-state index contributed by atoms with van der Waals surface area (Å²) in [6.07, 6.45) is 4.06. The molecule has 0 fully saturated rings. The van der Waals surface area contributed by atoms with Crippen LogP contribution in [0.3, 0.4) is 0 Å². The first kappa shape index (κ1) is 28.7. The molecule has 0 unspecified atom stereocenters. The molecule has 0 saturated carbocycles. The number of benzene rings is 2. The molecule has 42 heavy (non-hydrogen) atoms. The van der Waals surface area contributed by atoms with Crippen molar-refractivity contribution < 1.29 is 23.5 Å². The van der Waals surface area contributed by atoms with Crippen LogP contribution in [0.5, 0.6) is 0 Å². The molecule has 3 N–H and O–H groups in total. The van der Waals surface area contributed by atoms with Crippen LogP contribution in [0.4, 0.5) is 20.6 Å². The third-order valence-corrected chi connectivity index (χ3v) is 7.25. The fourth-order valence-corrected chi connectivity index (χ4v) is 4.82. The Kier molecular flexibility index (Phi) is 8.43. The lowest BCUT2D eigenvalue weighted by Gasteiger charge is -2.22. The van der Waals surface area contributed by atoms with E-state index in [1.165, 1.54) is 25.4 Å². The topological polar surface area (TPSA) is 140 Å². The van der Waals surface area contributed by atoms with Gasteiger partial charge in [0.05, 0.1) is 35.8 Å². The summed E-state index contributed by atoms with van der Waals surface area (Å²) < 4.78 is 20.3. The summed E-state index contributed by atoms with van der Waals surface area (Å²) in [5.74, 6) is -1.69. The van der Waals surface area contributed by atoms with E-state index in [0.29, 0.717) is 41.9 Å². The van der Waals surface area contributed by atoms with Crippen molar-refractivity contribution >= 4 is 40.9 Å². The van der Waals surface area contributed by atoms with E-state index in [0.717, 1.165) is 10.2 Å². The largest absolute Gasteiger partial charge is 0.453 e. The number of nitrogens with one attached hydrogen (secondary N) is 3. The van der Waals surface area contributed by atoms with Crippen molar-refractivity contribution in [2.45, 2.75) is 32.2 Å². The van der Waals surface area contributed by atoms with Gasteiger partial charge in [0, 0.05) is 23.4 Å². The Labute approximate surface area is 245 Å². The Bertz CT molecular complexity index is 1660. The molecule has 5 rings (SSSR count). The summed E-state index contributed by atoms with van der Waals surface area (Å²) in [7, 11) is 1.26. The second-order valence-electron chi connectivity index (χ2n) is 9.82. The van der Waals surface area contributed by atoms with E-state index in [1.54, 1.807) is 30.5 Å². The summed E-state index contributed by atoms with van der Waals surface area (Å²) in [5.41, 5.74) is 2.95. The monoisotopic (exact) mass is 591 g/mol. The van der Waals surface area contributed by atoms with Crippen molar-refractivity contribution in [1.29, 1.82) is 0 Å². The number of ether oxygens (including phenoxy) is 1. The van der Waals surface area contributed by atoms with Gasteiger partial charge >= 0.3 is 6.09 Å². The second-order valence-corrected chi connectivity index (χ2v) is 10.2. The minimum atomic E-state index is -0.675. The lowest BCUT2D eigenvalue weighted by atomic mass is 9.94. The molecule has 0 radical (unpaired) electrons. The number of rotatable bonds is 4. The maximum absolute atomic E-state index is 14.5. The number of pyridine rings is 1. The van der Waals surface area contributed by atoms with Gasteiger partial charge in [0.25, 0.3) is 5.91 Å². The zero-order chi connectivity index (χ0) is 29.8. The van der Waals surface area contributed by atoms with Crippen LogP contribution in [0, 0.1) is 11.7 Å². The van der Waals surface area contributed by atoms with Crippen LogP contribution in [0.1, 0.15) is 48.3 Å². The highest BCUT2D eigenvalue weighted by molar-refractivity contribution is 6.30. The van der Waals surface area contributed by atoms with E-state index in [-0.39, 0.29) is 28.2 Å². The van der Waals surface area contributed by atoms with Crippen molar-refractivity contribution in [3.8, 4) is 16.9 Å². The number of methoxy groups -OCH3 is 1. The molecule has 2 aromatic carbocycles. The Hall–Kier alpha value is -4.84. The zero-order valence-electron chi connectivity index (χ0n) is 22.7. The predicted octanol–water partition coefficient (Wildman–Crippen LogP) is 5.53. The Morgan fingerprint density at radius 3 is 2.81 bits per heavy atom. The lowest BCUT2D eigenvalue weighted by Crippen LogP contribution is -2.29. The Morgan fingerprint density at radius 1 is 1.17 bits per heavy atom. The van der Waals surface area contributed by atoms with Gasteiger partial charge in [-0.3, -0.25) is 19.9 Å². The SMILES string of the molecule is COC(=O)Nc1ccc2c(c1)NC(=O)[C@@H](C)CCC[C@H](NC(=O)c1cn(-c3cccc(Cl)c3F)nn1)c1ccnc-2c1. The van der Waals surface area contributed by atoms with E-state index >= 15 is 0 Å². The molecule has 4 aromatic rings. The van der Waals surface area contributed by atoms with Crippen LogP contribution >= 0.6 is 11.6 Å². The molecule has 3 heterocycles. The van der Waals surface area contributed by atoms with Crippen molar-refractivity contribution in [2.75, 3.05) is 17.7 Å². The molecule has 1 aliphatic heterocycles. The summed E-state index contributed by atoms with van der Waals surface area (Å²) >= 11 is 5.89. The first-order chi connectivity index (χ1) is 20.2. The molecule has 11 nitrogen and oxygen atoms in total. The lowest BCUT2D eigenvalue weighted by molar-refractivity contribution is -0.119. The van der Waals surface area contributed by atoms with Gasteiger partial charge in [-0.15, -0.1) is 5.10 Å². The van der Waals surface area contributed by atoms with Crippen molar-refractivity contribution in [3.05, 3.63) is 83.0 Å². The average molecular weight is 592 g/mol. The van der Waals surface area contributed by atoms with Gasteiger partial charge in [-0.2, -0.15) is 0 Å². The highest BCUT2D eigenvalue weighted by Gasteiger charge is 2.23. The van der Waals surface area contributed by atoms with E-state index < -0.39 is 23.9 Å². The van der Waals surface area contributed by atoms with Crippen LogP contribution in [0.15, 0.2) is 60.9 Å². The molecule has 0 saturated heterocycles. The van der Waals surface area contributed by atoms with Crippen LogP contribution in [0.2, 0.25) is 5.02 Å². The molecular formula is C29H27ClFN7O4. The number of carbonyl (C=O) groups excluding carboxylic acids is 3. The molecule has 1 aliphatic rings. The van der Waals surface area contributed by atoms with Gasteiger partial charge < -0.3 is 15.4 Å². The number of aromatic nitrogens is 4. The molecule has 0 spiro atoms. The maximum Gasteiger partial charge on any atom is 0.411 e. The van der Waals surface area contributed by atoms with Crippen LogP contribution in [0.25, 0.3) is 16.9 Å². The van der Waals surface area contributed by atoms with Crippen LogP contribution in [-0.4, -0.2) is 45.0 Å². The molecule has 0 aliphatic carbocycles. The van der Waals surface area contributed by atoms with Gasteiger partial charge in [0.15, 0.2) is 11.5 Å². The van der Waals surface area contributed by atoms with Crippen molar-refractivity contribution in [3.63, 3.8) is 0 Å². The molecule has 3 amide bonds. The van der Waals surface area contributed by atoms with Crippen LogP contribution < -0.4 is 16.0 Å². The minimum Gasteiger partial charge on any atom is -0.453 e. The van der Waals surface area contributed by atoms with Gasteiger partial charge in [-0.05, 0) is 60.9 Å². The molecule has 13 heteroatoms. The number of halogens is 2. The van der Waals surface area contributed by atoms with Gasteiger partial charge in [0.2, 0.25) is 5.91 Å². The fourth-order valence-electron chi connectivity index (χ4n) is 4.65.